The highest BCUT2D eigenvalue weighted by molar-refractivity contribution is 6.30. The third-order valence-electron chi connectivity index (χ3n) is 4.36. The van der Waals surface area contributed by atoms with E-state index in [1.54, 1.807) is 12.1 Å². The molecule has 0 amide bonds. The molecule has 0 saturated carbocycles. The van der Waals surface area contributed by atoms with Crippen molar-refractivity contribution in [2.75, 3.05) is 5.32 Å². The molecule has 0 radical (unpaired) electrons. The number of rotatable bonds is 2. The van der Waals surface area contributed by atoms with Gasteiger partial charge in [-0.1, -0.05) is 31.5 Å². The summed E-state index contributed by atoms with van der Waals surface area (Å²) in [4.78, 5) is 0. The van der Waals surface area contributed by atoms with E-state index in [0.29, 0.717) is 5.75 Å². The van der Waals surface area contributed by atoms with Crippen LogP contribution in [-0.2, 0) is 6.42 Å². The highest BCUT2D eigenvalue weighted by Gasteiger charge is 2.39. The molecule has 0 spiro atoms. The van der Waals surface area contributed by atoms with Gasteiger partial charge in [0.2, 0.25) is 0 Å². The lowest BCUT2D eigenvalue weighted by Gasteiger charge is -2.30. The first-order valence-corrected chi connectivity index (χ1v) is 7.59. The minimum Gasteiger partial charge on any atom is -0.508 e. The molecule has 110 valence electrons. The van der Waals surface area contributed by atoms with Crippen LogP contribution >= 0.6 is 11.6 Å². The zero-order valence-corrected chi connectivity index (χ0v) is 13.3. The monoisotopic (exact) mass is 301 g/mol. The van der Waals surface area contributed by atoms with Crippen molar-refractivity contribution < 1.29 is 5.11 Å². The molecule has 0 heterocycles. The summed E-state index contributed by atoms with van der Waals surface area (Å²) in [6.45, 7) is 6.55. The normalized spacial score (nSPS) is 19.3. The number of phenols is 1. The molecule has 1 atom stereocenters. The SMILES string of the molecule is Cc1cc(O)ccc1NC1c2cc(Cl)ccc2CC1(C)C. The second-order valence-corrected chi connectivity index (χ2v) is 7.02. The number of benzene rings is 2. The van der Waals surface area contributed by atoms with E-state index in [-0.39, 0.29) is 11.5 Å². The highest BCUT2D eigenvalue weighted by atomic mass is 35.5. The number of aryl methyl sites for hydroxylation is 1. The molecule has 0 saturated heterocycles. The maximum atomic E-state index is 9.55. The summed E-state index contributed by atoms with van der Waals surface area (Å²) in [7, 11) is 0. The van der Waals surface area contributed by atoms with E-state index in [9.17, 15) is 5.11 Å². The molecule has 2 N–H and O–H groups in total. The molecule has 3 heteroatoms. The van der Waals surface area contributed by atoms with Crippen LogP contribution in [0.3, 0.4) is 0 Å². The smallest absolute Gasteiger partial charge is 0.115 e. The summed E-state index contributed by atoms with van der Waals surface area (Å²) in [5.41, 5.74) is 4.86. The van der Waals surface area contributed by atoms with Crippen LogP contribution in [0.2, 0.25) is 5.02 Å². The Hall–Kier alpha value is -1.67. The van der Waals surface area contributed by atoms with Crippen molar-refractivity contribution in [3.8, 4) is 5.75 Å². The van der Waals surface area contributed by atoms with Crippen LogP contribution < -0.4 is 5.32 Å². The van der Waals surface area contributed by atoms with Gasteiger partial charge < -0.3 is 10.4 Å². The van der Waals surface area contributed by atoms with Crippen molar-refractivity contribution in [1.82, 2.24) is 0 Å². The number of anilines is 1. The van der Waals surface area contributed by atoms with Crippen molar-refractivity contribution in [3.63, 3.8) is 0 Å². The zero-order chi connectivity index (χ0) is 15.2. The Labute approximate surface area is 130 Å². The molecule has 2 nitrogen and oxygen atoms in total. The lowest BCUT2D eigenvalue weighted by molar-refractivity contribution is 0.337. The molecule has 0 aliphatic heterocycles. The van der Waals surface area contributed by atoms with Gasteiger partial charge in [-0.15, -0.1) is 0 Å². The van der Waals surface area contributed by atoms with Crippen LogP contribution in [-0.4, -0.2) is 5.11 Å². The van der Waals surface area contributed by atoms with E-state index in [1.807, 2.05) is 19.1 Å². The number of nitrogens with one attached hydrogen (secondary N) is 1. The van der Waals surface area contributed by atoms with E-state index in [1.165, 1.54) is 11.1 Å². The molecule has 21 heavy (non-hydrogen) atoms. The van der Waals surface area contributed by atoms with E-state index >= 15 is 0 Å². The Morgan fingerprint density at radius 3 is 2.67 bits per heavy atom. The predicted molar refractivity (Wildman–Crippen MR) is 88.1 cm³/mol. The molecule has 0 fully saturated rings. The van der Waals surface area contributed by atoms with E-state index in [2.05, 4.69) is 31.3 Å². The number of phenolic OH excluding ortho intramolecular Hbond substituents is 1. The Morgan fingerprint density at radius 1 is 1.19 bits per heavy atom. The minimum atomic E-state index is 0.122. The van der Waals surface area contributed by atoms with Crippen LogP contribution in [0.5, 0.6) is 5.75 Å². The Bertz CT molecular complexity index is 694. The van der Waals surface area contributed by atoms with Crippen LogP contribution in [0.25, 0.3) is 0 Å². The van der Waals surface area contributed by atoms with Gasteiger partial charge in [-0.2, -0.15) is 0 Å². The lowest BCUT2D eigenvalue weighted by Crippen LogP contribution is -2.24. The van der Waals surface area contributed by atoms with Gasteiger partial charge in [0, 0.05) is 10.7 Å². The molecule has 0 bridgehead atoms. The highest BCUT2D eigenvalue weighted by Crippen LogP contribution is 2.47. The zero-order valence-electron chi connectivity index (χ0n) is 12.6. The average molecular weight is 302 g/mol. The van der Waals surface area contributed by atoms with Crippen LogP contribution in [0.1, 0.15) is 36.6 Å². The average Bonchev–Trinajstić information content (AvgIpc) is 2.63. The van der Waals surface area contributed by atoms with Crippen LogP contribution in [0.4, 0.5) is 5.69 Å². The predicted octanol–water partition coefficient (Wildman–Crippen LogP) is 5.09. The van der Waals surface area contributed by atoms with Gasteiger partial charge in [0.1, 0.15) is 5.75 Å². The fourth-order valence-corrected chi connectivity index (χ4v) is 3.43. The summed E-state index contributed by atoms with van der Waals surface area (Å²) in [5, 5.41) is 14.0. The Kier molecular flexibility index (Phi) is 3.37. The number of hydrogen-bond donors (Lipinski definition) is 2. The van der Waals surface area contributed by atoms with Gasteiger partial charge in [-0.05, 0) is 65.8 Å². The Morgan fingerprint density at radius 2 is 1.95 bits per heavy atom. The van der Waals surface area contributed by atoms with E-state index < -0.39 is 0 Å². The fraction of sp³-hybridized carbons (Fsp3) is 0.333. The van der Waals surface area contributed by atoms with Crippen molar-refractivity contribution in [1.29, 1.82) is 0 Å². The first-order valence-electron chi connectivity index (χ1n) is 7.21. The molecule has 3 rings (SSSR count). The third kappa shape index (κ3) is 2.60. The fourth-order valence-electron chi connectivity index (χ4n) is 3.25. The number of hydrogen-bond acceptors (Lipinski definition) is 2. The molecule has 1 unspecified atom stereocenters. The standard InChI is InChI=1S/C18H20ClNO/c1-11-8-14(21)6-7-16(11)20-17-15-9-13(19)5-4-12(15)10-18(17,2)3/h4-9,17,20-21H,10H2,1-3H3. The lowest BCUT2D eigenvalue weighted by atomic mass is 9.85. The van der Waals surface area contributed by atoms with Crippen molar-refractivity contribution >= 4 is 17.3 Å². The van der Waals surface area contributed by atoms with Gasteiger partial charge in [-0.3, -0.25) is 0 Å². The Balaban J connectivity index is 1.99. The van der Waals surface area contributed by atoms with Gasteiger partial charge in [0.25, 0.3) is 0 Å². The van der Waals surface area contributed by atoms with Crippen LogP contribution in [0.15, 0.2) is 36.4 Å². The number of fused-ring (bicyclic) bond motifs is 1. The summed E-state index contributed by atoms with van der Waals surface area (Å²) in [6, 6.07) is 11.8. The summed E-state index contributed by atoms with van der Waals surface area (Å²) < 4.78 is 0. The van der Waals surface area contributed by atoms with Gasteiger partial charge >= 0.3 is 0 Å². The second-order valence-electron chi connectivity index (χ2n) is 6.59. The first-order chi connectivity index (χ1) is 9.87. The van der Waals surface area contributed by atoms with Gasteiger partial charge in [-0.25, -0.2) is 0 Å². The van der Waals surface area contributed by atoms with Crippen LogP contribution in [0, 0.1) is 12.3 Å². The summed E-state index contributed by atoms with van der Waals surface area (Å²) in [5.74, 6) is 0.298. The van der Waals surface area contributed by atoms with Crippen molar-refractivity contribution in [3.05, 3.63) is 58.1 Å². The maximum Gasteiger partial charge on any atom is 0.115 e. The molecule has 1 aliphatic rings. The molecule has 2 aromatic carbocycles. The van der Waals surface area contributed by atoms with E-state index in [4.69, 9.17) is 11.6 Å². The summed E-state index contributed by atoms with van der Waals surface area (Å²) >= 11 is 6.18. The number of halogens is 1. The third-order valence-corrected chi connectivity index (χ3v) is 4.59. The van der Waals surface area contributed by atoms with Gasteiger partial charge in [0.05, 0.1) is 6.04 Å². The quantitative estimate of drug-likeness (QED) is 0.757. The molecule has 1 aliphatic carbocycles. The molecule has 0 aromatic heterocycles. The minimum absolute atomic E-state index is 0.122. The first kappa shape index (κ1) is 14.3. The molecular formula is C18H20ClNO. The largest absolute Gasteiger partial charge is 0.508 e. The molecular weight excluding hydrogens is 282 g/mol. The maximum absolute atomic E-state index is 9.55. The second kappa shape index (κ2) is 4.96. The van der Waals surface area contributed by atoms with Crippen molar-refractivity contribution in [2.45, 2.75) is 33.2 Å². The van der Waals surface area contributed by atoms with Gasteiger partial charge in [0.15, 0.2) is 0 Å². The van der Waals surface area contributed by atoms with E-state index in [0.717, 1.165) is 22.7 Å². The number of aromatic hydroxyl groups is 1. The topological polar surface area (TPSA) is 32.3 Å². The van der Waals surface area contributed by atoms with Crippen molar-refractivity contribution in [2.24, 2.45) is 5.41 Å². The molecule has 2 aromatic rings. The summed E-state index contributed by atoms with van der Waals surface area (Å²) in [6.07, 6.45) is 1.04.